The molecule has 1 heterocycles. The number of guanidine groups is 1. The highest BCUT2D eigenvalue weighted by Crippen LogP contribution is 2.24. The number of anilines is 1. The average molecular weight is 433 g/mol. The van der Waals surface area contributed by atoms with Crippen LogP contribution in [0.3, 0.4) is 0 Å². The molecule has 1 saturated heterocycles. The number of hydrogen-bond donors (Lipinski definition) is 1. The third-order valence-corrected chi connectivity index (χ3v) is 7.64. The molecule has 0 radical (unpaired) electrons. The van der Waals surface area contributed by atoms with Crippen LogP contribution < -0.4 is 14.2 Å². The van der Waals surface area contributed by atoms with Crippen LogP contribution in [0.5, 0.6) is 5.75 Å². The first kappa shape index (κ1) is 22.3. The standard InChI is InChI=1S/C17H28N4O5S2/c1-14-8-11-20(12-9-14)17(18)19-10-13-26-16-6-4-15(5-7-16)21(27(2,22)23)28(3,24)25/h4-7,14H,8-13H2,1-3H3,(H2,18,19). The number of hydrogen-bond acceptors (Lipinski definition) is 6. The topological polar surface area (TPSA) is 122 Å². The number of piperidine rings is 1. The van der Waals surface area contributed by atoms with Crippen molar-refractivity contribution in [1.82, 2.24) is 4.90 Å². The van der Waals surface area contributed by atoms with Crippen LogP contribution in [0.15, 0.2) is 29.3 Å². The molecule has 0 spiro atoms. The quantitative estimate of drug-likeness (QED) is 0.385. The first-order chi connectivity index (χ1) is 13.0. The lowest BCUT2D eigenvalue weighted by Crippen LogP contribution is -2.42. The van der Waals surface area contributed by atoms with E-state index in [1.165, 1.54) is 24.3 Å². The lowest BCUT2D eigenvalue weighted by atomic mass is 10.00. The molecule has 11 heteroatoms. The molecular weight excluding hydrogens is 404 g/mol. The average Bonchev–Trinajstić information content (AvgIpc) is 2.58. The monoisotopic (exact) mass is 432 g/mol. The van der Waals surface area contributed by atoms with E-state index in [1.54, 1.807) is 0 Å². The van der Waals surface area contributed by atoms with Crippen molar-refractivity contribution in [1.29, 1.82) is 0 Å². The van der Waals surface area contributed by atoms with Gasteiger partial charge in [0.2, 0.25) is 20.0 Å². The molecule has 1 aliphatic heterocycles. The van der Waals surface area contributed by atoms with Crippen molar-refractivity contribution in [3.05, 3.63) is 24.3 Å². The van der Waals surface area contributed by atoms with Gasteiger partial charge in [0.1, 0.15) is 12.4 Å². The van der Waals surface area contributed by atoms with E-state index < -0.39 is 20.0 Å². The van der Waals surface area contributed by atoms with Gasteiger partial charge in [0.05, 0.1) is 24.7 Å². The molecule has 2 rings (SSSR count). The molecule has 1 aromatic rings. The maximum absolute atomic E-state index is 11.8. The largest absolute Gasteiger partial charge is 0.492 e. The van der Waals surface area contributed by atoms with Crippen molar-refractivity contribution in [3.8, 4) is 5.75 Å². The number of nitrogens with zero attached hydrogens (tertiary/aromatic N) is 3. The summed E-state index contributed by atoms with van der Waals surface area (Å²) in [5.41, 5.74) is 6.04. The molecule has 0 atom stereocenters. The zero-order valence-corrected chi connectivity index (χ0v) is 18.0. The van der Waals surface area contributed by atoms with Gasteiger partial charge in [-0.15, -0.1) is 0 Å². The second-order valence-corrected chi connectivity index (χ2v) is 10.9. The molecular formula is C17H28N4O5S2. The van der Waals surface area contributed by atoms with Crippen LogP contribution in [-0.4, -0.2) is 66.4 Å². The summed E-state index contributed by atoms with van der Waals surface area (Å²) in [5, 5.41) is 0. The Morgan fingerprint density at radius 2 is 1.68 bits per heavy atom. The Morgan fingerprint density at radius 3 is 2.18 bits per heavy atom. The molecule has 0 amide bonds. The second-order valence-electron chi connectivity index (χ2n) is 6.98. The Kier molecular flexibility index (Phi) is 7.16. The van der Waals surface area contributed by atoms with Crippen LogP contribution in [0.2, 0.25) is 0 Å². The molecule has 158 valence electrons. The van der Waals surface area contributed by atoms with Gasteiger partial charge in [0.25, 0.3) is 0 Å². The van der Waals surface area contributed by atoms with Crippen molar-refractivity contribution in [3.63, 3.8) is 0 Å². The predicted molar refractivity (Wildman–Crippen MR) is 111 cm³/mol. The highest BCUT2D eigenvalue weighted by Gasteiger charge is 2.27. The van der Waals surface area contributed by atoms with E-state index in [0.717, 1.165) is 44.4 Å². The van der Waals surface area contributed by atoms with Crippen LogP contribution in [0.1, 0.15) is 19.8 Å². The first-order valence-corrected chi connectivity index (χ1v) is 12.7. The van der Waals surface area contributed by atoms with Gasteiger partial charge in [0.15, 0.2) is 5.96 Å². The second kappa shape index (κ2) is 8.99. The predicted octanol–water partition coefficient (Wildman–Crippen LogP) is 0.838. The summed E-state index contributed by atoms with van der Waals surface area (Å²) < 4.78 is 53.0. The summed E-state index contributed by atoms with van der Waals surface area (Å²) in [7, 11) is -7.93. The van der Waals surface area contributed by atoms with Crippen molar-refractivity contribution >= 4 is 31.7 Å². The molecule has 28 heavy (non-hydrogen) atoms. The van der Waals surface area contributed by atoms with Crippen molar-refractivity contribution in [2.45, 2.75) is 19.8 Å². The van der Waals surface area contributed by atoms with Gasteiger partial charge >= 0.3 is 0 Å². The van der Waals surface area contributed by atoms with Gasteiger partial charge < -0.3 is 15.4 Å². The van der Waals surface area contributed by atoms with E-state index in [-0.39, 0.29) is 5.69 Å². The van der Waals surface area contributed by atoms with Crippen LogP contribution in [-0.2, 0) is 20.0 Å². The number of nitrogens with two attached hydrogens (primary N) is 1. The van der Waals surface area contributed by atoms with Gasteiger partial charge in [-0.05, 0) is 43.0 Å². The zero-order valence-electron chi connectivity index (χ0n) is 16.4. The molecule has 1 aromatic carbocycles. The lowest BCUT2D eigenvalue weighted by Gasteiger charge is -2.31. The zero-order chi connectivity index (χ0) is 20.9. The normalized spacial score (nSPS) is 16.8. The smallest absolute Gasteiger partial charge is 0.245 e. The third kappa shape index (κ3) is 6.26. The van der Waals surface area contributed by atoms with Crippen molar-refractivity contribution in [2.75, 3.05) is 42.5 Å². The van der Waals surface area contributed by atoms with Crippen LogP contribution in [0.4, 0.5) is 5.69 Å². The maximum Gasteiger partial charge on any atom is 0.245 e. The molecule has 9 nitrogen and oxygen atoms in total. The summed E-state index contributed by atoms with van der Waals surface area (Å²) in [4.78, 5) is 6.40. The fourth-order valence-corrected chi connectivity index (χ4v) is 5.93. The minimum Gasteiger partial charge on any atom is -0.492 e. The number of sulfonamides is 2. The number of likely N-dealkylation sites (tertiary alicyclic amines) is 1. The fourth-order valence-electron chi connectivity index (χ4n) is 2.95. The first-order valence-electron chi connectivity index (χ1n) is 8.96. The molecule has 0 saturated carbocycles. The Morgan fingerprint density at radius 1 is 1.14 bits per heavy atom. The number of ether oxygens (including phenoxy) is 1. The van der Waals surface area contributed by atoms with Crippen LogP contribution in [0.25, 0.3) is 0 Å². The molecule has 1 aliphatic rings. The minimum atomic E-state index is -3.96. The number of benzene rings is 1. The van der Waals surface area contributed by atoms with Gasteiger partial charge in [0, 0.05) is 13.1 Å². The maximum atomic E-state index is 11.8. The Labute approximate surface area is 167 Å². The van der Waals surface area contributed by atoms with E-state index in [9.17, 15) is 16.8 Å². The molecule has 0 unspecified atom stereocenters. The third-order valence-electron chi connectivity index (χ3n) is 4.39. The highest BCUT2D eigenvalue weighted by atomic mass is 32.3. The Hall–Kier alpha value is -2.01. The number of aliphatic imine (C=N–C) groups is 1. The summed E-state index contributed by atoms with van der Waals surface area (Å²) in [6, 6.07) is 5.78. The highest BCUT2D eigenvalue weighted by molar-refractivity contribution is 8.09. The molecule has 2 N–H and O–H groups in total. The van der Waals surface area contributed by atoms with Crippen molar-refractivity contribution < 1.29 is 21.6 Å². The Bertz CT molecular complexity index is 858. The summed E-state index contributed by atoms with van der Waals surface area (Å²) in [6.45, 7) is 4.74. The van der Waals surface area contributed by atoms with Crippen LogP contribution in [0, 0.1) is 5.92 Å². The van der Waals surface area contributed by atoms with E-state index in [1.807, 2.05) is 0 Å². The summed E-state index contributed by atoms with van der Waals surface area (Å²) in [6.07, 6.45) is 3.89. The molecule has 0 bridgehead atoms. The Balaban J connectivity index is 1.91. The van der Waals surface area contributed by atoms with Crippen LogP contribution >= 0.6 is 0 Å². The molecule has 0 aliphatic carbocycles. The van der Waals surface area contributed by atoms with Gasteiger partial charge in [-0.1, -0.05) is 6.92 Å². The SMILES string of the molecule is CC1CCN(C(N)=NCCOc2ccc(N(S(C)(=O)=O)S(C)(=O)=O)cc2)CC1. The molecule has 1 fully saturated rings. The minimum absolute atomic E-state index is 0.0268. The van der Waals surface area contributed by atoms with Crippen molar-refractivity contribution in [2.24, 2.45) is 16.6 Å². The van der Waals surface area contributed by atoms with Gasteiger partial charge in [-0.2, -0.15) is 3.71 Å². The molecule has 0 aromatic heterocycles. The van der Waals surface area contributed by atoms with E-state index >= 15 is 0 Å². The van der Waals surface area contributed by atoms with Gasteiger partial charge in [-0.3, -0.25) is 0 Å². The summed E-state index contributed by atoms with van der Waals surface area (Å²) >= 11 is 0. The fraction of sp³-hybridized carbons (Fsp3) is 0.588. The van der Waals surface area contributed by atoms with E-state index in [0.29, 0.717) is 28.6 Å². The van der Waals surface area contributed by atoms with Gasteiger partial charge in [-0.25, -0.2) is 21.8 Å². The van der Waals surface area contributed by atoms with E-state index in [2.05, 4.69) is 16.8 Å². The van der Waals surface area contributed by atoms with E-state index in [4.69, 9.17) is 10.5 Å². The lowest BCUT2D eigenvalue weighted by molar-refractivity contribution is 0.276. The summed E-state index contributed by atoms with van der Waals surface area (Å²) in [5.74, 6) is 1.71. The number of rotatable bonds is 7.